The molecule has 0 aromatic rings. The Labute approximate surface area is 59.1 Å². The predicted octanol–water partition coefficient (Wildman–Crippen LogP) is -1.34. The smallest absolute Gasteiger partial charge is 0.0454 e. The van der Waals surface area contributed by atoms with Crippen LogP contribution in [0.15, 0.2) is 0 Å². The molecule has 54 valence electrons. The SMILES string of the molecule is O=C([O-])C(CS)CCO. The van der Waals surface area contributed by atoms with Gasteiger partial charge in [0.25, 0.3) is 0 Å². The standard InChI is InChI=1S/C5H10O3S/c6-2-1-4(3-9)5(7)8/h4,6,9H,1-3H2,(H,7,8)/p-1. The lowest BCUT2D eigenvalue weighted by Crippen LogP contribution is -2.32. The van der Waals surface area contributed by atoms with Crippen LogP contribution in [0.25, 0.3) is 0 Å². The number of hydrogen-bond acceptors (Lipinski definition) is 4. The van der Waals surface area contributed by atoms with Gasteiger partial charge in [0.15, 0.2) is 0 Å². The van der Waals surface area contributed by atoms with Crippen LogP contribution in [0.5, 0.6) is 0 Å². The van der Waals surface area contributed by atoms with Gasteiger partial charge in [-0.25, -0.2) is 0 Å². The van der Waals surface area contributed by atoms with E-state index in [2.05, 4.69) is 12.6 Å². The highest BCUT2D eigenvalue weighted by Gasteiger charge is 2.05. The van der Waals surface area contributed by atoms with E-state index in [9.17, 15) is 9.90 Å². The summed E-state index contributed by atoms with van der Waals surface area (Å²) in [6, 6.07) is 0. The lowest BCUT2D eigenvalue weighted by molar-refractivity contribution is -0.311. The van der Waals surface area contributed by atoms with Gasteiger partial charge in [0.05, 0.1) is 0 Å². The van der Waals surface area contributed by atoms with Crippen molar-refractivity contribution >= 4 is 18.6 Å². The Balaban J connectivity index is 3.54. The Morgan fingerprint density at radius 2 is 2.33 bits per heavy atom. The number of aliphatic hydroxyl groups is 1. The highest BCUT2D eigenvalue weighted by molar-refractivity contribution is 7.80. The molecule has 0 aliphatic heterocycles. The second-order valence-corrected chi connectivity index (χ2v) is 2.08. The minimum Gasteiger partial charge on any atom is -0.550 e. The van der Waals surface area contributed by atoms with Gasteiger partial charge in [0.2, 0.25) is 0 Å². The molecule has 4 heteroatoms. The molecule has 1 N–H and O–H groups in total. The molecular weight excluding hydrogens is 140 g/mol. The second-order valence-electron chi connectivity index (χ2n) is 1.71. The molecule has 0 rings (SSSR count). The van der Waals surface area contributed by atoms with Gasteiger partial charge in [0.1, 0.15) is 0 Å². The van der Waals surface area contributed by atoms with E-state index in [1.54, 1.807) is 0 Å². The summed E-state index contributed by atoms with van der Waals surface area (Å²) in [6.45, 7) is -0.126. The number of carbonyl (C=O) groups excluding carboxylic acids is 1. The third kappa shape index (κ3) is 3.37. The van der Waals surface area contributed by atoms with Crippen molar-refractivity contribution in [3.8, 4) is 0 Å². The molecule has 0 saturated carbocycles. The summed E-state index contributed by atoms with van der Waals surface area (Å²) in [5, 5.41) is 18.3. The van der Waals surface area contributed by atoms with Crippen LogP contribution < -0.4 is 5.11 Å². The molecule has 0 radical (unpaired) electrons. The minimum absolute atomic E-state index is 0.126. The van der Waals surface area contributed by atoms with Crippen LogP contribution >= 0.6 is 12.6 Å². The fourth-order valence-corrected chi connectivity index (χ4v) is 0.771. The molecule has 3 nitrogen and oxygen atoms in total. The van der Waals surface area contributed by atoms with Crippen LogP contribution in [-0.4, -0.2) is 23.4 Å². The molecule has 0 fully saturated rings. The first-order valence-corrected chi connectivity index (χ1v) is 3.28. The average Bonchev–Trinajstić information content (AvgIpc) is 1.82. The molecule has 0 aromatic heterocycles. The fraction of sp³-hybridized carbons (Fsp3) is 0.800. The van der Waals surface area contributed by atoms with Crippen LogP contribution in [-0.2, 0) is 4.79 Å². The summed E-state index contributed by atoms with van der Waals surface area (Å²) in [5.74, 6) is -1.53. The maximum atomic E-state index is 10.0. The monoisotopic (exact) mass is 149 g/mol. The number of aliphatic hydroxyl groups excluding tert-OH is 1. The summed E-state index contributed by atoms with van der Waals surface area (Å²) < 4.78 is 0. The zero-order valence-corrected chi connectivity index (χ0v) is 5.80. The van der Waals surface area contributed by atoms with Crippen LogP contribution in [0.1, 0.15) is 6.42 Å². The van der Waals surface area contributed by atoms with Crippen molar-refractivity contribution in [1.82, 2.24) is 0 Å². The zero-order valence-electron chi connectivity index (χ0n) is 4.91. The van der Waals surface area contributed by atoms with Crippen LogP contribution in [0.4, 0.5) is 0 Å². The summed E-state index contributed by atoms with van der Waals surface area (Å²) in [4.78, 5) is 10.0. The Hall–Kier alpha value is -0.220. The highest BCUT2D eigenvalue weighted by atomic mass is 32.1. The normalized spacial score (nSPS) is 13.1. The van der Waals surface area contributed by atoms with Gasteiger partial charge in [-0.15, -0.1) is 0 Å². The summed E-state index contributed by atoms with van der Waals surface area (Å²) in [5.41, 5.74) is 0. The van der Waals surface area contributed by atoms with E-state index in [0.717, 1.165) is 0 Å². The molecule has 0 aliphatic carbocycles. The van der Waals surface area contributed by atoms with E-state index >= 15 is 0 Å². The van der Waals surface area contributed by atoms with E-state index in [-0.39, 0.29) is 18.8 Å². The number of thiol groups is 1. The first-order valence-electron chi connectivity index (χ1n) is 2.65. The molecule has 0 saturated heterocycles. The number of carboxylic acid groups (broad SMARTS) is 1. The molecule has 1 unspecified atom stereocenters. The highest BCUT2D eigenvalue weighted by Crippen LogP contribution is 2.01. The zero-order chi connectivity index (χ0) is 7.28. The number of carbonyl (C=O) groups is 1. The first kappa shape index (κ1) is 8.78. The molecular formula is C5H9O3S-. The molecule has 0 aliphatic rings. The Bertz CT molecular complexity index is 94.2. The summed E-state index contributed by atoms with van der Waals surface area (Å²) >= 11 is 3.76. The maximum Gasteiger partial charge on any atom is 0.0454 e. The fourth-order valence-electron chi connectivity index (χ4n) is 0.440. The Kier molecular flexibility index (Phi) is 4.53. The molecule has 1 atom stereocenters. The van der Waals surface area contributed by atoms with Crippen molar-refractivity contribution in [2.24, 2.45) is 5.92 Å². The Morgan fingerprint density at radius 1 is 1.78 bits per heavy atom. The van der Waals surface area contributed by atoms with Gasteiger partial charge in [-0.05, 0) is 12.2 Å². The first-order chi connectivity index (χ1) is 4.22. The second kappa shape index (κ2) is 4.64. The average molecular weight is 149 g/mol. The van der Waals surface area contributed by atoms with Crippen molar-refractivity contribution in [3.05, 3.63) is 0 Å². The molecule has 9 heavy (non-hydrogen) atoms. The molecule has 0 heterocycles. The van der Waals surface area contributed by atoms with Gasteiger partial charge < -0.3 is 15.0 Å². The van der Waals surface area contributed by atoms with Gasteiger partial charge in [-0.2, -0.15) is 12.6 Å². The van der Waals surface area contributed by atoms with Crippen molar-refractivity contribution in [1.29, 1.82) is 0 Å². The van der Waals surface area contributed by atoms with Crippen LogP contribution in [0.3, 0.4) is 0 Å². The van der Waals surface area contributed by atoms with Gasteiger partial charge >= 0.3 is 0 Å². The van der Waals surface area contributed by atoms with Crippen molar-refractivity contribution < 1.29 is 15.0 Å². The molecule has 0 amide bonds. The van der Waals surface area contributed by atoms with Gasteiger partial charge in [-0.3, -0.25) is 0 Å². The van der Waals surface area contributed by atoms with Crippen LogP contribution in [0, 0.1) is 5.92 Å². The lowest BCUT2D eigenvalue weighted by Gasteiger charge is -2.12. The van der Waals surface area contributed by atoms with Crippen molar-refractivity contribution in [2.75, 3.05) is 12.4 Å². The van der Waals surface area contributed by atoms with Crippen LogP contribution in [0.2, 0.25) is 0 Å². The van der Waals surface area contributed by atoms with E-state index in [1.165, 1.54) is 0 Å². The summed E-state index contributed by atoms with van der Waals surface area (Å²) in [6.07, 6.45) is 0.228. The minimum atomic E-state index is -1.14. The maximum absolute atomic E-state index is 10.0. The number of hydrogen-bond donors (Lipinski definition) is 2. The van der Waals surface area contributed by atoms with E-state index in [4.69, 9.17) is 5.11 Å². The number of rotatable bonds is 4. The number of carboxylic acids is 1. The van der Waals surface area contributed by atoms with E-state index in [1.807, 2.05) is 0 Å². The third-order valence-electron chi connectivity index (χ3n) is 1.03. The predicted molar refractivity (Wildman–Crippen MR) is 34.1 cm³/mol. The van der Waals surface area contributed by atoms with E-state index < -0.39 is 11.9 Å². The third-order valence-corrected chi connectivity index (χ3v) is 1.47. The quantitative estimate of drug-likeness (QED) is 0.487. The van der Waals surface area contributed by atoms with Crippen molar-refractivity contribution in [3.63, 3.8) is 0 Å². The van der Waals surface area contributed by atoms with Gasteiger partial charge in [0, 0.05) is 18.5 Å². The topological polar surface area (TPSA) is 60.4 Å². The lowest BCUT2D eigenvalue weighted by atomic mass is 10.1. The Morgan fingerprint density at radius 3 is 2.44 bits per heavy atom. The van der Waals surface area contributed by atoms with Gasteiger partial charge in [-0.1, -0.05) is 0 Å². The van der Waals surface area contributed by atoms with Crippen molar-refractivity contribution in [2.45, 2.75) is 6.42 Å². The number of aliphatic carboxylic acids is 1. The molecule has 0 bridgehead atoms. The largest absolute Gasteiger partial charge is 0.550 e. The summed E-state index contributed by atoms with van der Waals surface area (Å²) in [7, 11) is 0. The van der Waals surface area contributed by atoms with E-state index in [0.29, 0.717) is 0 Å². The molecule has 0 spiro atoms. The molecule has 0 aromatic carbocycles.